The van der Waals surface area contributed by atoms with E-state index in [0.717, 1.165) is 4.68 Å². The number of hydrogen-bond donors (Lipinski definition) is 1. The molecule has 2 rings (SSSR count). The van der Waals surface area contributed by atoms with Crippen molar-refractivity contribution in [2.75, 3.05) is 5.32 Å². The van der Waals surface area contributed by atoms with Gasteiger partial charge in [0.25, 0.3) is 0 Å². The maximum atomic E-state index is 12.7. The summed E-state index contributed by atoms with van der Waals surface area (Å²) in [6.07, 6.45) is -1.39. The van der Waals surface area contributed by atoms with E-state index in [9.17, 15) is 13.2 Å². The Labute approximate surface area is 101 Å². The highest BCUT2D eigenvalue weighted by molar-refractivity contribution is 5.34. The van der Waals surface area contributed by atoms with Crippen LogP contribution in [-0.2, 0) is 26.8 Å². The summed E-state index contributed by atoms with van der Waals surface area (Å²) in [5, 5.41) is 10.3. The second-order valence-electron chi connectivity index (χ2n) is 3.90. The van der Waals surface area contributed by atoms with Gasteiger partial charge >= 0.3 is 6.18 Å². The molecule has 0 saturated heterocycles. The number of hydrogen-bond acceptors (Lipinski definition) is 3. The number of anilines is 1. The number of alkyl halides is 3. The molecule has 0 atom stereocenters. The van der Waals surface area contributed by atoms with Crippen LogP contribution in [-0.4, -0.2) is 19.6 Å². The summed E-state index contributed by atoms with van der Waals surface area (Å²) >= 11 is 0. The SMILES string of the molecule is Cn1ccc(NCc2cn(C)nc2C(F)(F)F)n1. The van der Waals surface area contributed by atoms with Gasteiger partial charge in [-0.15, -0.1) is 0 Å². The van der Waals surface area contributed by atoms with Crippen LogP contribution in [0, 0.1) is 0 Å². The first kappa shape index (κ1) is 12.5. The van der Waals surface area contributed by atoms with Crippen molar-refractivity contribution >= 4 is 5.82 Å². The van der Waals surface area contributed by atoms with Gasteiger partial charge in [0.2, 0.25) is 0 Å². The van der Waals surface area contributed by atoms with Gasteiger partial charge in [-0.3, -0.25) is 9.36 Å². The minimum atomic E-state index is -4.44. The van der Waals surface area contributed by atoms with Crippen LogP contribution >= 0.6 is 0 Å². The average molecular weight is 259 g/mol. The topological polar surface area (TPSA) is 47.7 Å². The highest BCUT2D eigenvalue weighted by atomic mass is 19.4. The van der Waals surface area contributed by atoms with E-state index >= 15 is 0 Å². The second kappa shape index (κ2) is 4.35. The Hall–Kier alpha value is -1.99. The molecule has 0 radical (unpaired) electrons. The van der Waals surface area contributed by atoms with Crippen molar-refractivity contribution in [1.82, 2.24) is 19.6 Å². The Morgan fingerprint density at radius 2 is 1.94 bits per heavy atom. The number of rotatable bonds is 3. The monoisotopic (exact) mass is 259 g/mol. The van der Waals surface area contributed by atoms with Crippen molar-refractivity contribution in [1.29, 1.82) is 0 Å². The molecular formula is C10H12F3N5. The first-order valence-corrected chi connectivity index (χ1v) is 5.19. The van der Waals surface area contributed by atoms with Gasteiger partial charge in [-0.25, -0.2) is 0 Å². The summed E-state index contributed by atoms with van der Waals surface area (Å²) in [4.78, 5) is 0. The van der Waals surface area contributed by atoms with Crippen molar-refractivity contribution in [3.63, 3.8) is 0 Å². The number of aromatic nitrogens is 4. The molecular weight excluding hydrogens is 247 g/mol. The van der Waals surface area contributed by atoms with Crippen LogP contribution in [0.25, 0.3) is 0 Å². The molecule has 0 aromatic carbocycles. The quantitative estimate of drug-likeness (QED) is 0.914. The molecule has 0 saturated carbocycles. The lowest BCUT2D eigenvalue weighted by Gasteiger charge is -2.06. The molecule has 2 aromatic rings. The molecule has 0 bridgehead atoms. The molecule has 5 nitrogen and oxygen atoms in total. The third-order valence-electron chi connectivity index (χ3n) is 2.35. The average Bonchev–Trinajstić information content (AvgIpc) is 2.81. The molecule has 0 aliphatic carbocycles. The van der Waals surface area contributed by atoms with E-state index in [1.807, 2.05) is 0 Å². The Balaban J connectivity index is 2.14. The van der Waals surface area contributed by atoms with Crippen LogP contribution in [0.3, 0.4) is 0 Å². The maximum Gasteiger partial charge on any atom is 0.435 e. The largest absolute Gasteiger partial charge is 0.435 e. The van der Waals surface area contributed by atoms with E-state index in [0.29, 0.717) is 5.82 Å². The molecule has 0 fully saturated rings. The molecule has 0 amide bonds. The fourth-order valence-corrected chi connectivity index (χ4v) is 1.60. The molecule has 18 heavy (non-hydrogen) atoms. The first-order chi connectivity index (χ1) is 8.36. The number of aryl methyl sites for hydroxylation is 2. The van der Waals surface area contributed by atoms with Gasteiger partial charge in [0.05, 0.1) is 0 Å². The molecule has 2 aromatic heterocycles. The zero-order valence-electron chi connectivity index (χ0n) is 9.86. The lowest BCUT2D eigenvalue weighted by atomic mass is 10.2. The predicted octanol–water partition coefficient (Wildman–Crippen LogP) is 1.78. The van der Waals surface area contributed by atoms with Crippen LogP contribution in [0.2, 0.25) is 0 Å². The van der Waals surface area contributed by atoms with Gasteiger partial charge in [0, 0.05) is 44.7 Å². The Bertz CT molecular complexity index is 540. The summed E-state index contributed by atoms with van der Waals surface area (Å²) < 4.78 is 40.7. The van der Waals surface area contributed by atoms with Crippen molar-refractivity contribution in [2.45, 2.75) is 12.7 Å². The highest BCUT2D eigenvalue weighted by Gasteiger charge is 2.36. The fraction of sp³-hybridized carbons (Fsp3) is 0.400. The zero-order chi connectivity index (χ0) is 13.3. The summed E-state index contributed by atoms with van der Waals surface area (Å²) in [7, 11) is 3.19. The summed E-state index contributed by atoms with van der Waals surface area (Å²) in [6.45, 7) is 0.0275. The summed E-state index contributed by atoms with van der Waals surface area (Å²) in [5.74, 6) is 0.523. The lowest BCUT2D eigenvalue weighted by Crippen LogP contribution is -2.11. The van der Waals surface area contributed by atoms with Crippen LogP contribution in [0.15, 0.2) is 18.5 Å². The van der Waals surface area contributed by atoms with E-state index in [-0.39, 0.29) is 12.1 Å². The van der Waals surface area contributed by atoms with Gasteiger partial charge in [-0.1, -0.05) is 0 Å². The highest BCUT2D eigenvalue weighted by Crippen LogP contribution is 2.30. The molecule has 8 heteroatoms. The molecule has 1 N–H and O–H groups in total. The van der Waals surface area contributed by atoms with E-state index in [2.05, 4.69) is 15.5 Å². The Kier molecular flexibility index (Phi) is 3.02. The van der Waals surface area contributed by atoms with E-state index in [4.69, 9.17) is 0 Å². The molecule has 2 heterocycles. The van der Waals surface area contributed by atoms with Gasteiger partial charge in [0.15, 0.2) is 5.69 Å². The van der Waals surface area contributed by atoms with Crippen LogP contribution in [0.4, 0.5) is 19.0 Å². The van der Waals surface area contributed by atoms with Gasteiger partial charge in [0.1, 0.15) is 5.82 Å². The molecule has 0 aliphatic heterocycles. The fourth-order valence-electron chi connectivity index (χ4n) is 1.60. The van der Waals surface area contributed by atoms with Crippen molar-refractivity contribution in [3.8, 4) is 0 Å². The summed E-state index contributed by atoms with van der Waals surface area (Å²) in [5.41, 5.74) is -0.774. The lowest BCUT2D eigenvalue weighted by molar-refractivity contribution is -0.142. The third-order valence-corrected chi connectivity index (χ3v) is 2.35. The minimum Gasteiger partial charge on any atom is -0.364 e. The zero-order valence-corrected chi connectivity index (χ0v) is 9.86. The van der Waals surface area contributed by atoms with Crippen molar-refractivity contribution in [3.05, 3.63) is 29.7 Å². The van der Waals surface area contributed by atoms with Crippen LogP contribution in [0.1, 0.15) is 11.3 Å². The van der Waals surface area contributed by atoms with Crippen LogP contribution in [0.5, 0.6) is 0 Å². The molecule has 0 unspecified atom stereocenters. The Morgan fingerprint density at radius 1 is 1.22 bits per heavy atom. The third kappa shape index (κ3) is 2.63. The number of halogens is 3. The van der Waals surface area contributed by atoms with Gasteiger partial charge < -0.3 is 5.32 Å². The van der Waals surface area contributed by atoms with E-state index in [1.165, 1.54) is 13.2 Å². The summed E-state index contributed by atoms with van der Waals surface area (Å²) in [6, 6.07) is 1.68. The molecule has 0 aliphatic rings. The van der Waals surface area contributed by atoms with E-state index < -0.39 is 11.9 Å². The number of nitrogens with zero attached hydrogens (tertiary/aromatic N) is 4. The predicted molar refractivity (Wildman–Crippen MR) is 58.7 cm³/mol. The van der Waals surface area contributed by atoms with Crippen molar-refractivity contribution in [2.24, 2.45) is 14.1 Å². The Morgan fingerprint density at radius 3 is 2.50 bits per heavy atom. The second-order valence-corrected chi connectivity index (χ2v) is 3.90. The molecule has 98 valence electrons. The number of nitrogens with one attached hydrogen (secondary N) is 1. The van der Waals surface area contributed by atoms with Gasteiger partial charge in [-0.2, -0.15) is 23.4 Å². The molecule has 0 spiro atoms. The minimum absolute atomic E-state index is 0.0275. The van der Waals surface area contributed by atoms with E-state index in [1.54, 1.807) is 24.0 Å². The standard InChI is InChI=1S/C10H12F3N5/c1-17-4-3-8(15-17)14-5-7-6-18(2)16-9(7)10(11,12)13/h3-4,6H,5H2,1-2H3,(H,14,15). The van der Waals surface area contributed by atoms with Gasteiger partial charge in [-0.05, 0) is 0 Å². The first-order valence-electron chi connectivity index (χ1n) is 5.19. The normalized spacial score (nSPS) is 11.8. The maximum absolute atomic E-state index is 12.7. The smallest absolute Gasteiger partial charge is 0.364 e. The van der Waals surface area contributed by atoms with Crippen LogP contribution < -0.4 is 5.32 Å². The van der Waals surface area contributed by atoms with Crippen molar-refractivity contribution < 1.29 is 13.2 Å².